The average molecular weight is 509 g/mol. The summed E-state index contributed by atoms with van der Waals surface area (Å²) in [4.78, 5) is 49.6. The van der Waals surface area contributed by atoms with Gasteiger partial charge in [-0.05, 0) is 62.7 Å². The number of Topliss-reactive ketones (excluding diaryl/α,β-unsaturated/α-hetero) is 1. The van der Waals surface area contributed by atoms with E-state index in [1.54, 1.807) is 13.8 Å². The molecule has 7 nitrogen and oxygen atoms in total. The lowest BCUT2D eigenvalue weighted by atomic mass is 9.44. The standard InChI is InChI=1S/C27H34F2O7/c1-5-6-23(34)36-26(22(33)14-35-15(2)30)10-8-17-18-12-20(28)19-11-16(31)7-9-24(19,3)27(18,29)21(32)13-25(17,26)4/h7,9,11,17-18,20-21,32H,5-6,8,10,12-14H2,1-4H3/t17-,18+,20-,21-,24-,25-,26-,27-/m0/s1. The number of esters is 2. The summed E-state index contributed by atoms with van der Waals surface area (Å²) >= 11 is 0. The number of alkyl halides is 2. The highest BCUT2D eigenvalue weighted by atomic mass is 19.1. The first-order valence-electron chi connectivity index (χ1n) is 12.6. The molecular weight excluding hydrogens is 474 g/mol. The van der Waals surface area contributed by atoms with Gasteiger partial charge in [-0.2, -0.15) is 0 Å². The molecule has 0 amide bonds. The molecule has 1 N–H and O–H groups in total. The fraction of sp³-hybridized carbons (Fsp3) is 0.704. The number of carbonyl (C=O) groups excluding carboxylic acids is 4. The fourth-order valence-corrected chi connectivity index (χ4v) is 7.61. The summed E-state index contributed by atoms with van der Waals surface area (Å²) in [5.74, 6) is -3.96. The molecular formula is C27H34F2O7. The quantitative estimate of drug-likeness (QED) is 0.547. The minimum Gasteiger partial charge on any atom is -0.458 e. The zero-order valence-corrected chi connectivity index (χ0v) is 21.1. The van der Waals surface area contributed by atoms with Crippen molar-refractivity contribution in [2.45, 2.75) is 89.8 Å². The van der Waals surface area contributed by atoms with Crippen LogP contribution in [0.4, 0.5) is 8.78 Å². The first-order chi connectivity index (χ1) is 16.8. The van der Waals surface area contributed by atoms with Gasteiger partial charge < -0.3 is 14.6 Å². The van der Waals surface area contributed by atoms with Crippen molar-refractivity contribution in [1.82, 2.24) is 0 Å². The van der Waals surface area contributed by atoms with Crippen LogP contribution in [0.5, 0.6) is 0 Å². The van der Waals surface area contributed by atoms with Crippen LogP contribution in [0.1, 0.15) is 66.2 Å². The number of aliphatic hydroxyl groups excluding tert-OH is 1. The van der Waals surface area contributed by atoms with Gasteiger partial charge in [-0.15, -0.1) is 0 Å². The van der Waals surface area contributed by atoms with Gasteiger partial charge in [0.25, 0.3) is 0 Å². The van der Waals surface area contributed by atoms with Crippen LogP contribution in [0.2, 0.25) is 0 Å². The highest BCUT2D eigenvalue weighted by molar-refractivity contribution is 6.01. The van der Waals surface area contributed by atoms with Crippen LogP contribution in [0.3, 0.4) is 0 Å². The number of ether oxygens (including phenoxy) is 2. The van der Waals surface area contributed by atoms with E-state index in [0.717, 1.165) is 13.0 Å². The van der Waals surface area contributed by atoms with Crippen LogP contribution in [-0.4, -0.2) is 58.8 Å². The van der Waals surface area contributed by atoms with Crippen LogP contribution < -0.4 is 0 Å². The van der Waals surface area contributed by atoms with Crippen molar-refractivity contribution in [3.05, 3.63) is 23.8 Å². The number of allylic oxidation sites excluding steroid dienone is 4. The van der Waals surface area contributed by atoms with Crippen molar-refractivity contribution >= 4 is 23.5 Å². The van der Waals surface area contributed by atoms with E-state index in [1.807, 2.05) is 0 Å². The van der Waals surface area contributed by atoms with E-state index in [2.05, 4.69) is 0 Å². The summed E-state index contributed by atoms with van der Waals surface area (Å²) in [5, 5.41) is 11.4. The number of ketones is 2. The summed E-state index contributed by atoms with van der Waals surface area (Å²) in [7, 11) is 0. The second-order valence-electron chi connectivity index (χ2n) is 11.2. The van der Waals surface area contributed by atoms with Gasteiger partial charge in [-0.1, -0.05) is 19.9 Å². The molecule has 4 aliphatic rings. The Hall–Kier alpha value is -2.42. The highest BCUT2D eigenvalue weighted by Gasteiger charge is 2.76. The van der Waals surface area contributed by atoms with E-state index in [4.69, 9.17) is 9.47 Å². The lowest BCUT2D eigenvalue weighted by Gasteiger charge is -2.63. The van der Waals surface area contributed by atoms with Gasteiger partial charge in [-0.3, -0.25) is 19.2 Å². The molecule has 36 heavy (non-hydrogen) atoms. The third-order valence-corrected chi connectivity index (χ3v) is 9.35. The Labute approximate surface area is 209 Å². The summed E-state index contributed by atoms with van der Waals surface area (Å²) < 4.78 is 43.6. The van der Waals surface area contributed by atoms with Crippen LogP contribution >= 0.6 is 0 Å². The molecule has 0 aromatic rings. The highest BCUT2D eigenvalue weighted by Crippen LogP contribution is 2.70. The Morgan fingerprint density at radius 3 is 2.56 bits per heavy atom. The molecule has 0 unspecified atom stereocenters. The Balaban J connectivity index is 1.80. The number of hydrogen-bond acceptors (Lipinski definition) is 7. The molecule has 0 aromatic heterocycles. The van der Waals surface area contributed by atoms with Crippen molar-refractivity contribution < 1.29 is 42.5 Å². The number of aliphatic hydroxyl groups is 1. The third-order valence-electron chi connectivity index (χ3n) is 9.35. The van der Waals surface area contributed by atoms with Crippen LogP contribution in [0.25, 0.3) is 0 Å². The van der Waals surface area contributed by atoms with Crippen molar-refractivity contribution in [3.8, 4) is 0 Å². The third kappa shape index (κ3) is 3.52. The minimum absolute atomic E-state index is 0.0148. The van der Waals surface area contributed by atoms with Crippen LogP contribution in [-0.2, 0) is 28.7 Å². The smallest absolute Gasteiger partial charge is 0.306 e. The lowest BCUT2D eigenvalue weighted by molar-refractivity contribution is -0.229. The van der Waals surface area contributed by atoms with Gasteiger partial charge >= 0.3 is 11.9 Å². The molecule has 3 saturated carbocycles. The van der Waals surface area contributed by atoms with Gasteiger partial charge in [0.1, 0.15) is 6.17 Å². The van der Waals surface area contributed by atoms with Crippen molar-refractivity contribution in [2.75, 3.05) is 6.61 Å². The zero-order valence-electron chi connectivity index (χ0n) is 21.1. The molecule has 3 fully saturated rings. The number of carbonyl (C=O) groups is 4. The molecule has 4 aliphatic carbocycles. The fourth-order valence-electron chi connectivity index (χ4n) is 7.61. The van der Waals surface area contributed by atoms with E-state index in [0.29, 0.717) is 6.42 Å². The van der Waals surface area contributed by atoms with Gasteiger partial charge in [0.2, 0.25) is 5.78 Å². The maximum atomic E-state index is 17.2. The molecule has 4 rings (SSSR count). The molecule has 0 bridgehead atoms. The Morgan fingerprint density at radius 2 is 1.92 bits per heavy atom. The van der Waals surface area contributed by atoms with Crippen LogP contribution in [0, 0.1) is 22.7 Å². The Kier molecular flexibility index (Phi) is 6.55. The summed E-state index contributed by atoms with van der Waals surface area (Å²) in [5.41, 5.74) is -6.80. The van der Waals surface area contributed by atoms with Gasteiger partial charge in [0.05, 0.1) is 6.10 Å². The first kappa shape index (κ1) is 26.6. The summed E-state index contributed by atoms with van der Waals surface area (Å²) in [6.45, 7) is 5.50. The molecule has 0 heterocycles. The maximum absolute atomic E-state index is 17.2. The molecule has 0 aromatic carbocycles. The zero-order chi connectivity index (χ0) is 26.7. The van der Waals surface area contributed by atoms with E-state index >= 15 is 8.78 Å². The van der Waals surface area contributed by atoms with Crippen molar-refractivity contribution in [2.24, 2.45) is 22.7 Å². The number of hydrogen-bond donors (Lipinski definition) is 1. The largest absolute Gasteiger partial charge is 0.458 e. The molecule has 198 valence electrons. The van der Waals surface area contributed by atoms with Crippen molar-refractivity contribution in [1.29, 1.82) is 0 Å². The van der Waals surface area contributed by atoms with E-state index in [9.17, 15) is 24.3 Å². The Morgan fingerprint density at radius 1 is 1.22 bits per heavy atom. The van der Waals surface area contributed by atoms with Gasteiger partial charge in [0.15, 0.2) is 23.7 Å². The summed E-state index contributed by atoms with van der Waals surface area (Å²) in [6.07, 6.45) is 0.783. The van der Waals surface area contributed by atoms with Crippen molar-refractivity contribution in [3.63, 3.8) is 0 Å². The average Bonchev–Trinajstić information content (AvgIpc) is 3.08. The molecule has 0 spiro atoms. The molecule has 9 heteroatoms. The SMILES string of the molecule is CCCC(=O)O[C@]1(C(=O)COC(C)=O)CC[C@H]2[C@H]3C[C@H](F)C4=CC(=O)C=C[C@]4(C)[C@@]3(F)[C@@H](O)C[C@@]21C. The topological polar surface area (TPSA) is 107 Å². The molecule has 0 saturated heterocycles. The number of fused-ring (bicyclic) bond motifs is 5. The second kappa shape index (κ2) is 8.85. The first-order valence-corrected chi connectivity index (χ1v) is 12.6. The van der Waals surface area contributed by atoms with Gasteiger partial charge in [0, 0.05) is 30.1 Å². The predicted octanol–water partition coefficient (Wildman–Crippen LogP) is 3.52. The maximum Gasteiger partial charge on any atom is 0.306 e. The van der Waals surface area contributed by atoms with E-state index < -0.39 is 76.3 Å². The molecule has 0 aliphatic heterocycles. The number of halogens is 2. The lowest BCUT2D eigenvalue weighted by Crippen LogP contribution is -2.70. The molecule has 0 radical (unpaired) electrons. The monoisotopic (exact) mass is 508 g/mol. The summed E-state index contributed by atoms with van der Waals surface area (Å²) in [6, 6.07) is 0. The Bertz CT molecular complexity index is 1050. The van der Waals surface area contributed by atoms with E-state index in [1.165, 1.54) is 19.1 Å². The van der Waals surface area contributed by atoms with Gasteiger partial charge in [-0.25, -0.2) is 8.78 Å². The predicted molar refractivity (Wildman–Crippen MR) is 124 cm³/mol. The van der Waals surface area contributed by atoms with E-state index in [-0.39, 0.29) is 37.7 Å². The minimum atomic E-state index is -2.30. The normalized spacial score (nSPS) is 43.1. The second-order valence-corrected chi connectivity index (χ2v) is 11.2. The molecule has 8 atom stereocenters. The number of rotatable bonds is 6. The van der Waals surface area contributed by atoms with Crippen LogP contribution in [0.15, 0.2) is 23.8 Å².